The number of nitrogens with one attached hydrogen (secondary N) is 1. The average Bonchev–Trinajstić information content (AvgIpc) is 3.34. The van der Waals surface area contributed by atoms with E-state index in [-0.39, 0.29) is 12.5 Å². The van der Waals surface area contributed by atoms with E-state index < -0.39 is 6.09 Å². The summed E-state index contributed by atoms with van der Waals surface area (Å²) >= 11 is 1.36. The number of thiazole rings is 1. The van der Waals surface area contributed by atoms with Crippen molar-refractivity contribution in [2.45, 2.75) is 18.9 Å². The van der Waals surface area contributed by atoms with E-state index in [1.807, 2.05) is 24.3 Å². The van der Waals surface area contributed by atoms with E-state index in [9.17, 15) is 4.79 Å². The van der Waals surface area contributed by atoms with Gasteiger partial charge in [0.25, 0.3) is 0 Å². The molecular formula is C23H20N2O3S. The fourth-order valence-corrected chi connectivity index (χ4v) is 4.10. The van der Waals surface area contributed by atoms with Gasteiger partial charge in [-0.25, -0.2) is 9.78 Å². The van der Waals surface area contributed by atoms with Gasteiger partial charge in [0.05, 0.1) is 11.5 Å². The standard InChI is InChI=1S/C23H20N2O3S/c26-14-16-13-25-22(29-16)11-5-6-12-24-23(27)28-15-21-19-9-3-1-7-17(19)18-8-2-4-10-20(18)21/h1-4,7-10,13,21,26H,6,12,14-15H2,(H,24,27). The number of nitrogens with zero attached hydrogens (tertiary/aromatic N) is 1. The number of amides is 1. The monoisotopic (exact) mass is 404 g/mol. The molecule has 1 heterocycles. The van der Waals surface area contributed by atoms with Gasteiger partial charge in [0, 0.05) is 25.1 Å². The van der Waals surface area contributed by atoms with Crippen molar-refractivity contribution in [2.75, 3.05) is 13.2 Å². The van der Waals surface area contributed by atoms with E-state index in [0.29, 0.717) is 24.6 Å². The van der Waals surface area contributed by atoms with Gasteiger partial charge in [-0.1, -0.05) is 54.5 Å². The number of rotatable bonds is 5. The Bertz CT molecular complexity index is 1040. The zero-order valence-electron chi connectivity index (χ0n) is 15.7. The number of hydrogen-bond donors (Lipinski definition) is 2. The highest BCUT2D eigenvalue weighted by atomic mass is 32.1. The molecule has 0 radical (unpaired) electrons. The molecule has 0 spiro atoms. The number of aliphatic hydroxyl groups excluding tert-OH is 1. The summed E-state index contributed by atoms with van der Waals surface area (Å²) in [7, 11) is 0. The molecule has 3 aromatic rings. The summed E-state index contributed by atoms with van der Waals surface area (Å²) < 4.78 is 5.49. The van der Waals surface area contributed by atoms with Gasteiger partial charge in [-0.2, -0.15) is 0 Å². The Kier molecular flexibility index (Phi) is 5.89. The van der Waals surface area contributed by atoms with Crippen molar-refractivity contribution in [3.8, 4) is 23.0 Å². The maximum absolute atomic E-state index is 12.1. The van der Waals surface area contributed by atoms with Gasteiger partial charge in [0.15, 0.2) is 5.01 Å². The summed E-state index contributed by atoms with van der Waals surface area (Å²) in [5, 5.41) is 12.4. The maximum Gasteiger partial charge on any atom is 0.407 e. The summed E-state index contributed by atoms with van der Waals surface area (Å²) in [5.74, 6) is 5.94. The van der Waals surface area contributed by atoms with Crippen LogP contribution in [0.4, 0.5) is 4.79 Å². The summed E-state index contributed by atoms with van der Waals surface area (Å²) in [6.45, 7) is 0.680. The fraction of sp³-hybridized carbons (Fsp3) is 0.217. The molecule has 1 amide bonds. The largest absolute Gasteiger partial charge is 0.449 e. The Morgan fingerprint density at radius 3 is 2.48 bits per heavy atom. The molecule has 0 saturated heterocycles. The third-order valence-electron chi connectivity index (χ3n) is 4.77. The Labute approximate surface area is 173 Å². The van der Waals surface area contributed by atoms with E-state index in [2.05, 4.69) is 46.4 Å². The lowest BCUT2D eigenvalue weighted by atomic mass is 9.98. The molecule has 146 valence electrons. The molecule has 1 aliphatic carbocycles. The van der Waals surface area contributed by atoms with Crippen molar-refractivity contribution < 1.29 is 14.6 Å². The molecule has 2 aromatic carbocycles. The molecule has 5 nitrogen and oxygen atoms in total. The molecule has 29 heavy (non-hydrogen) atoms. The van der Waals surface area contributed by atoms with Crippen LogP contribution in [-0.2, 0) is 11.3 Å². The maximum atomic E-state index is 12.1. The molecule has 1 aliphatic rings. The predicted octanol–water partition coefficient (Wildman–Crippen LogP) is 3.92. The number of aromatic nitrogens is 1. The first-order chi connectivity index (χ1) is 14.3. The Hall–Kier alpha value is -3.14. The lowest BCUT2D eigenvalue weighted by molar-refractivity contribution is 0.143. The predicted molar refractivity (Wildman–Crippen MR) is 113 cm³/mol. The van der Waals surface area contributed by atoms with Crippen LogP contribution in [0, 0.1) is 11.8 Å². The van der Waals surface area contributed by atoms with Crippen molar-refractivity contribution in [2.24, 2.45) is 0 Å². The van der Waals surface area contributed by atoms with Crippen LogP contribution in [0.1, 0.15) is 33.4 Å². The second-order valence-corrected chi connectivity index (χ2v) is 7.71. The zero-order valence-corrected chi connectivity index (χ0v) is 16.5. The van der Waals surface area contributed by atoms with E-state index in [1.165, 1.54) is 33.6 Å². The molecule has 2 N–H and O–H groups in total. The molecule has 0 aliphatic heterocycles. The molecule has 1 aromatic heterocycles. The van der Waals surface area contributed by atoms with Crippen LogP contribution >= 0.6 is 11.3 Å². The smallest absolute Gasteiger partial charge is 0.407 e. The summed E-state index contributed by atoms with van der Waals surface area (Å²) in [6, 6.07) is 16.5. The first-order valence-electron chi connectivity index (χ1n) is 9.39. The highest BCUT2D eigenvalue weighted by molar-refractivity contribution is 7.12. The zero-order chi connectivity index (χ0) is 20.1. The van der Waals surface area contributed by atoms with Crippen LogP contribution in [0.25, 0.3) is 11.1 Å². The van der Waals surface area contributed by atoms with Gasteiger partial charge < -0.3 is 15.2 Å². The number of benzene rings is 2. The summed E-state index contributed by atoms with van der Waals surface area (Å²) in [4.78, 5) is 17.0. The summed E-state index contributed by atoms with van der Waals surface area (Å²) in [6.07, 6.45) is 1.67. The van der Waals surface area contributed by atoms with Gasteiger partial charge in [-0.3, -0.25) is 0 Å². The van der Waals surface area contributed by atoms with Crippen molar-refractivity contribution in [1.29, 1.82) is 0 Å². The highest BCUT2D eigenvalue weighted by Crippen LogP contribution is 2.44. The summed E-state index contributed by atoms with van der Waals surface area (Å²) in [5.41, 5.74) is 4.80. The minimum Gasteiger partial charge on any atom is -0.449 e. The van der Waals surface area contributed by atoms with E-state index in [0.717, 1.165) is 4.88 Å². The van der Waals surface area contributed by atoms with Crippen LogP contribution in [0.3, 0.4) is 0 Å². The Morgan fingerprint density at radius 2 is 1.83 bits per heavy atom. The lowest BCUT2D eigenvalue weighted by Crippen LogP contribution is -2.26. The van der Waals surface area contributed by atoms with Gasteiger partial charge in [-0.15, -0.1) is 11.3 Å². The van der Waals surface area contributed by atoms with Crippen LogP contribution < -0.4 is 5.32 Å². The lowest BCUT2D eigenvalue weighted by Gasteiger charge is -2.14. The van der Waals surface area contributed by atoms with E-state index in [1.54, 1.807) is 6.20 Å². The fourth-order valence-electron chi connectivity index (χ4n) is 3.45. The van der Waals surface area contributed by atoms with Crippen molar-refractivity contribution in [3.63, 3.8) is 0 Å². The average molecular weight is 404 g/mol. The number of ether oxygens (including phenoxy) is 1. The normalized spacial score (nSPS) is 11.9. The first-order valence-corrected chi connectivity index (χ1v) is 10.2. The van der Waals surface area contributed by atoms with Crippen LogP contribution in [-0.4, -0.2) is 29.3 Å². The third kappa shape index (κ3) is 4.32. The Morgan fingerprint density at radius 1 is 1.14 bits per heavy atom. The number of carbonyl (C=O) groups excluding carboxylic acids is 1. The van der Waals surface area contributed by atoms with Gasteiger partial charge >= 0.3 is 6.09 Å². The van der Waals surface area contributed by atoms with E-state index in [4.69, 9.17) is 9.84 Å². The second kappa shape index (κ2) is 8.91. The number of alkyl carbamates (subject to hydrolysis) is 1. The first kappa shape index (κ1) is 19.2. The molecule has 6 heteroatoms. The molecule has 0 fully saturated rings. The number of fused-ring (bicyclic) bond motifs is 3. The van der Waals surface area contributed by atoms with Crippen molar-refractivity contribution >= 4 is 17.4 Å². The van der Waals surface area contributed by atoms with Gasteiger partial charge in [-0.05, 0) is 28.2 Å². The minimum absolute atomic E-state index is 0.0251. The molecule has 0 atom stereocenters. The molecule has 4 rings (SSSR count). The molecule has 0 saturated carbocycles. The SMILES string of the molecule is O=C(NCCC#Cc1ncc(CO)s1)OCC1c2ccccc2-c2ccccc21. The molecule has 0 unspecified atom stereocenters. The second-order valence-electron chi connectivity index (χ2n) is 6.59. The number of hydrogen-bond acceptors (Lipinski definition) is 5. The quantitative estimate of drug-likeness (QED) is 0.500. The van der Waals surface area contributed by atoms with Crippen LogP contribution in [0.15, 0.2) is 54.7 Å². The third-order valence-corrected chi connectivity index (χ3v) is 5.67. The molecular weight excluding hydrogens is 384 g/mol. The highest BCUT2D eigenvalue weighted by Gasteiger charge is 2.28. The Balaban J connectivity index is 1.28. The molecule has 0 bridgehead atoms. The number of carbonyl (C=O) groups is 1. The van der Waals surface area contributed by atoms with Crippen molar-refractivity contribution in [1.82, 2.24) is 10.3 Å². The van der Waals surface area contributed by atoms with E-state index >= 15 is 0 Å². The topological polar surface area (TPSA) is 71.5 Å². The van der Waals surface area contributed by atoms with Crippen LogP contribution in [0.5, 0.6) is 0 Å². The van der Waals surface area contributed by atoms with Crippen LogP contribution in [0.2, 0.25) is 0 Å². The van der Waals surface area contributed by atoms with Gasteiger partial charge in [0.2, 0.25) is 0 Å². The minimum atomic E-state index is -0.439. The number of aliphatic hydroxyl groups is 1. The van der Waals surface area contributed by atoms with Gasteiger partial charge in [0.1, 0.15) is 6.61 Å². The van der Waals surface area contributed by atoms with Crippen molar-refractivity contribution in [3.05, 3.63) is 75.7 Å².